The molecule has 0 spiro atoms. The Balaban J connectivity index is 2.77. The average Bonchev–Trinajstić information content (AvgIpc) is 2.22. The summed E-state index contributed by atoms with van der Waals surface area (Å²) in [7, 11) is 0. The van der Waals surface area contributed by atoms with Crippen LogP contribution in [0, 0.1) is 17.0 Å². The number of halogens is 1. The quantitative estimate of drug-likeness (QED) is 0.356. The van der Waals surface area contributed by atoms with Gasteiger partial charge >= 0.3 is 5.69 Å². The first kappa shape index (κ1) is 14.6. The van der Waals surface area contributed by atoms with Gasteiger partial charge in [0.05, 0.1) is 11.0 Å². The lowest BCUT2D eigenvalue weighted by Gasteiger charge is -2.08. The van der Waals surface area contributed by atoms with Gasteiger partial charge in [-0.25, -0.2) is 4.98 Å². The summed E-state index contributed by atoms with van der Waals surface area (Å²) in [6, 6.07) is 0. The first-order valence-electron chi connectivity index (χ1n) is 5.52. The molecule has 0 aliphatic heterocycles. The maximum absolute atomic E-state index is 10.9. The highest BCUT2D eigenvalue weighted by Gasteiger charge is 2.21. The zero-order chi connectivity index (χ0) is 13.7. The molecular weight excluding hydrogens is 260 g/mol. The van der Waals surface area contributed by atoms with Gasteiger partial charge in [0.2, 0.25) is 11.1 Å². The van der Waals surface area contributed by atoms with E-state index >= 15 is 0 Å². The van der Waals surface area contributed by atoms with E-state index in [2.05, 4.69) is 15.3 Å². The molecule has 2 N–H and O–H groups in total. The van der Waals surface area contributed by atoms with E-state index < -0.39 is 11.0 Å². The minimum absolute atomic E-state index is 0.0314. The molecule has 1 heterocycles. The highest BCUT2D eigenvalue weighted by molar-refractivity contribution is 6.28. The van der Waals surface area contributed by atoms with Crippen LogP contribution in [0.4, 0.5) is 11.5 Å². The lowest BCUT2D eigenvalue weighted by Crippen LogP contribution is -2.10. The van der Waals surface area contributed by atoms with Crippen LogP contribution in [0.5, 0.6) is 0 Å². The molecule has 100 valence electrons. The number of hydrogen-bond donors (Lipinski definition) is 2. The van der Waals surface area contributed by atoms with E-state index in [-0.39, 0.29) is 22.5 Å². The molecule has 0 saturated carbocycles. The molecule has 1 atom stereocenters. The second-order valence-corrected chi connectivity index (χ2v) is 4.29. The largest absolute Gasteiger partial charge is 0.393 e. The second-order valence-electron chi connectivity index (χ2n) is 3.95. The van der Waals surface area contributed by atoms with Gasteiger partial charge in [0.1, 0.15) is 5.69 Å². The van der Waals surface area contributed by atoms with E-state index in [1.807, 2.05) is 0 Å². The van der Waals surface area contributed by atoms with Crippen molar-refractivity contribution in [2.24, 2.45) is 0 Å². The van der Waals surface area contributed by atoms with Crippen LogP contribution in [0.3, 0.4) is 0 Å². The van der Waals surface area contributed by atoms with E-state index in [0.717, 1.165) is 0 Å². The average molecular weight is 275 g/mol. The Bertz CT molecular complexity index is 439. The van der Waals surface area contributed by atoms with E-state index in [1.54, 1.807) is 6.92 Å². The fraction of sp³-hybridized carbons (Fsp3) is 0.600. The molecule has 0 amide bonds. The Morgan fingerprint density at radius 2 is 2.22 bits per heavy atom. The number of hydrogen-bond acceptors (Lipinski definition) is 6. The summed E-state index contributed by atoms with van der Waals surface area (Å²) in [5.41, 5.74) is 0.0504. The summed E-state index contributed by atoms with van der Waals surface area (Å²) < 4.78 is 0. The van der Waals surface area contributed by atoms with Crippen molar-refractivity contribution in [3.05, 3.63) is 21.1 Å². The monoisotopic (exact) mass is 274 g/mol. The molecule has 0 fully saturated rings. The van der Waals surface area contributed by atoms with Crippen LogP contribution in [-0.4, -0.2) is 32.6 Å². The number of nitrogens with one attached hydrogen (secondary N) is 1. The summed E-state index contributed by atoms with van der Waals surface area (Å²) in [5, 5.41) is 22.8. The number of nitrogens with zero attached hydrogens (tertiary/aromatic N) is 3. The third-order valence-corrected chi connectivity index (χ3v) is 2.47. The van der Waals surface area contributed by atoms with Crippen molar-refractivity contribution in [2.75, 3.05) is 11.9 Å². The summed E-state index contributed by atoms with van der Waals surface area (Å²) in [6.45, 7) is 3.67. The Morgan fingerprint density at radius 1 is 1.56 bits per heavy atom. The zero-order valence-corrected chi connectivity index (χ0v) is 10.9. The number of rotatable bonds is 6. The minimum Gasteiger partial charge on any atom is -0.393 e. The number of aryl methyl sites for hydroxylation is 1. The van der Waals surface area contributed by atoms with Crippen LogP contribution in [0.25, 0.3) is 0 Å². The normalized spacial score (nSPS) is 12.2. The van der Waals surface area contributed by atoms with Crippen molar-refractivity contribution in [2.45, 2.75) is 32.8 Å². The van der Waals surface area contributed by atoms with Gasteiger partial charge in [-0.2, -0.15) is 4.98 Å². The molecule has 0 radical (unpaired) electrons. The molecule has 0 aliphatic rings. The predicted molar refractivity (Wildman–Crippen MR) is 67.8 cm³/mol. The molecule has 1 rings (SSSR count). The van der Waals surface area contributed by atoms with Crippen LogP contribution >= 0.6 is 11.6 Å². The molecule has 7 nitrogen and oxygen atoms in total. The van der Waals surface area contributed by atoms with Crippen molar-refractivity contribution in [1.82, 2.24) is 9.97 Å². The predicted octanol–water partition coefficient (Wildman–Crippen LogP) is 1.92. The zero-order valence-electron chi connectivity index (χ0n) is 10.2. The van der Waals surface area contributed by atoms with Crippen LogP contribution in [0.1, 0.15) is 25.5 Å². The third-order valence-electron chi connectivity index (χ3n) is 2.30. The van der Waals surface area contributed by atoms with Crippen LogP contribution in [0.15, 0.2) is 0 Å². The van der Waals surface area contributed by atoms with Crippen LogP contribution in [-0.2, 0) is 0 Å². The molecule has 0 aliphatic carbocycles. The van der Waals surface area contributed by atoms with Crippen molar-refractivity contribution >= 4 is 23.1 Å². The number of nitro groups is 1. The Labute approximate surface area is 109 Å². The van der Waals surface area contributed by atoms with Gasteiger partial charge in [0.15, 0.2) is 0 Å². The smallest absolute Gasteiger partial charge is 0.332 e. The van der Waals surface area contributed by atoms with Gasteiger partial charge in [0.25, 0.3) is 0 Å². The SMILES string of the molecule is Cc1nc(Cl)nc(NCCCC(C)O)c1[N+](=O)[O-]. The van der Waals surface area contributed by atoms with Gasteiger partial charge in [-0.05, 0) is 38.3 Å². The maximum atomic E-state index is 10.9. The van der Waals surface area contributed by atoms with E-state index in [9.17, 15) is 10.1 Å². The summed E-state index contributed by atoms with van der Waals surface area (Å²) in [5.74, 6) is 0.114. The van der Waals surface area contributed by atoms with E-state index in [0.29, 0.717) is 19.4 Å². The van der Waals surface area contributed by atoms with Crippen molar-refractivity contribution in [1.29, 1.82) is 0 Å². The Kier molecular flexibility index (Phi) is 5.24. The lowest BCUT2D eigenvalue weighted by atomic mass is 10.2. The highest BCUT2D eigenvalue weighted by atomic mass is 35.5. The number of aromatic nitrogens is 2. The summed E-state index contributed by atoms with van der Waals surface area (Å²) >= 11 is 5.67. The first-order chi connectivity index (χ1) is 8.41. The number of anilines is 1. The molecular formula is C10H15ClN4O3. The topological polar surface area (TPSA) is 101 Å². The Morgan fingerprint density at radius 3 is 2.78 bits per heavy atom. The van der Waals surface area contributed by atoms with Crippen LogP contribution in [0.2, 0.25) is 5.28 Å². The molecule has 1 aromatic heterocycles. The molecule has 1 unspecified atom stereocenters. The fourth-order valence-corrected chi connectivity index (χ4v) is 1.69. The van der Waals surface area contributed by atoms with Gasteiger partial charge in [-0.3, -0.25) is 10.1 Å². The number of aliphatic hydroxyl groups is 1. The minimum atomic E-state index is -0.539. The first-order valence-corrected chi connectivity index (χ1v) is 5.90. The summed E-state index contributed by atoms with van der Waals surface area (Å²) in [4.78, 5) is 17.9. The molecule has 18 heavy (non-hydrogen) atoms. The van der Waals surface area contributed by atoms with Gasteiger partial charge in [-0.1, -0.05) is 0 Å². The molecule has 8 heteroatoms. The van der Waals surface area contributed by atoms with Crippen molar-refractivity contribution in [3.8, 4) is 0 Å². The van der Waals surface area contributed by atoms with Gasteiger partial charge < -0.3 is 10.4 Å². The lowest BCUT2D eigenvalue weighted by molar-refractivity contribution is -0.385. The number of aliphatic hydroxyl groups excluding tert-OH is 1. The van der Waals surface area contributed by atoms with Crippen molar-refractivity contribution in [3.63, 3.8) is 0 Å². The molecule has 1 aromatic rings. The Hall–Kier alpha value is -1.47. The third kappa shape index (κ3) is 4.08. The van der Waals surface area contributed by atoms with Gasteiger partial charge in [0, 0.05) is 6.54 Å². The fourth-order valence-electron chi connectivity index (χ4n) is 1.48. The maximum Gasteiger partial charge on any atom is 0.332 e. The van der Waals surface area contributed by atoms with Crippen LogP contribution < -0.4 is 5.32 Å². The van der Waals surface area contributed by atoms with E-state index in [1.165, 1.54) is 6.92 Å². The van der Waals surface area contributed by atoms with Crippen molar-refractivity contribution < 1.29 is 10.0 Å². The molecule has 0 bridgehead atoms. The second kappa shape index (κ2) is 6.46. The standard InChI is InChI=1S/C10H15ClN4O3/c1-6(16)4-3-5-12-9-8(15(17)18)7(2)13-10(11)14-9/h6,16H,3-5H2,1-2H3,(H,12,13,14). The highest BCUT2D eigenvalue weighted by Crippen LogP contribution is 2.26. The summed E-state index contributed by atoms with van der Waals surface area (Å²) in [6.07, 6.45) is 0.895. The molecule has 0 saturated heterocycles. The van der Waals surface area contributed by atoms with Gasteiger partial charge in [-0.15, -0.1) is 0 Å². The molecule has 0 aromatic carbocycles. The van der Waals surface area contributed by atoms with E-state index in [4.69, 9.17) is 16.7 Å².